The number of hydrogen-bond donors (Lipinski definition) is 1. The first-order chi connectivity index (χ1) is 10.9. The van der Waals surface area contributed by atoms with E-state index in [1.54, 1.807) is 30.3 Å². The molecule has 0 aliphatic carbocycles. The number of methoxy groups -OCH3 is 1. The van der Waals surface area contributed by atoms with E-state index in [-0.39, 0.29) is 18.5 Å². The zero-order valence-electron chi connectivity index (χ0n) is 12.4. The van der Waals surface area contributed by atoms with Crippen LogP contribution in [0.3, 0.4) is 0 Å². The van der Waals surface area contributed by atoms with Crippen molar-refractivity contribution in [2.24, 2.45) is 0 Å². The van der Waals surface area contributed by atoms with Gasteiger partial charge in [0.1, 0.15) is 5.75 Å². The molecule has 2 aromatic rings. The number of fused-ring (bicyclic) bond motifs is 1. The van der Waals surface area contributed by atoms with E-state index in [9.17, 15) is 18.0 Å². The molecule has 1 aliphatic heterocycles. The van der Waals surface area contributed by atoms with Crippen LogP contribution >= 0.6 is 0 Å². The summed E-state index contributed by atoms with van der Waals surface area (Å²) in [5.41, 5.74) is 2.41. The normalized spacial score (nSPS) is 17.3. The molecule has 2 aromatic carbocycles. The Morgan fingerprint density at radius 3 is 2.65 bits per heavy atom. The van der Waals surface area contributed by atoms with Crippen LogP contribution in [0.25, 0.3) is 10.8 Å². The number of benzene rings is 2. The standard InChI is InChI=1S/C16H15F3N2O2/c1-23-11-5-6-12-10(9-11)3-2-4-13(12)15(16(17,18)19)21-8-7-14(22)20-21/h2-6,9,15H,7-8H2,1H3,(H,20,22). The zero-order valence-corrected chi connectivity index (χ0v) is 12.4. The van der Waals surface area contributed by atoms with Gasteiger partial charge >= 0.3 is 6.18 Å². The summed E-state index contributed by atoms with van der Waals surface area (Å²) < 4.78 is 46.0. The number of hydrazine groups is 1. The maximum atomic E-state index is 13.6. The molecule has 4 nitrogen and oxygen atoms in total. The van der Waals surface area contributed by atoms with Gasteiger partial charge in [-0.25, -0.2) is 5.01 Å². The molecule has 1 fully saturated rings. The average molecular weight is 324 g/mol. The second-order valence-corrected chi connectivity index (χ2v) is 5.36. The predicted molar refractivity (Wildman–Crippen MR) is 78.8 cm³/mol. The zero-order chi connectivity index (χ0) is 16.6. The van der Waals surface area contributed by atoms with Crippen molar-refractivity contribution in [3.05, 3.63) is 42.0 Å². The van der Waals surface area contributed by atoms with Gasteiger partial charge in [-0.05, 0) is 28.5 Å². The van der Waals surface area contributed by atoms with Crippen molar-refractivity contribution < 1.29 is 22.7 Å². The molecular formula is C16H15F3N2O2. The molecule has 1 saturated heterocycles. The Labute approximate surface area is 130 Å². The lowest BCUT2D eigenvalue weighted by Gasteiger charge is -2.30. The van der Waals surface area contributed by atoms with E-state index in [1.165, 1.54) is 13.2 Å². The van der Waals surface area contributed by atoms with Crippen LogP contribution in [0.5, 0.6) is 5.75 Å². The van der Waals surface area contributed by atoms with Crippen LogP contribution < -0.4 is 10.2 Å². The number of rotatable bonds is 3. The number of nitrogens with one attached hydrogen (secondary N) is 1. The van der Waals surface area contributed by atoms with Gasteiger partial charge in [-0.15, -0.1) is 0 Å². The molecule has 1 N–H and O–H groups in total. The van der Waals surface area contributed by atoms with Gasteiger partial charge in [0.25, 0.3) is 0 Å². The van der Waals surface area contributed by atoms with Crippen LogP contribution in [0, 0.1) is 0 Å². The minimum Gasteiger partial charge on any atom is -0.497 e. The largest absolute Gasteiger partial charge is 0.497 e. The molecule has 0 bridgehead atoms. The monoisotopic (exact) mass is 324 g/mol. The molecule has 3 rings (SSSR count). The van der Waals surface area contributed by atoms with Gasteiger partial charge in [0.2, 0.25) is 5.91 Å². The number of hydrogen-bond acceptors (Lipinski definition) is 3. The van der Waals surface area contributed by atoms with E-state index in [0.29, 0.717) is 16.5 Å². The number of alkyl halides is 3. The van der Waals surface area contributed by atoms with Crippen molar-refractivity contribution >= 4 is 16.7 Å². The van der Waals surface area contributed by atoms with E-state index >= 15 is 0 Å². The van der Waals surface area contributed by atoms with Gasteiger partial charge in [0, 0.05) is 13.0 Å². The van der Waals surface area contributed by atoms with Crippen LogP contribution in [0.1, 0.15) is 18.0 Å². The summed E-state index contributed by atoms with van der Waals surface area (Å²) in [6.45, 7) is 0.0234. The summed E-state index contributed by atoms with van der Waals surface area (Å²) in [7, 11) is 1.50. The number of carbonyl (C=O) groups excluding carboxylic acids is 1. The lowest BCUT2D eigenvalue weighted by Crippen LogP contribution is -2.43. The second kappa shape index (κ2) is 5.73. The summed E-state index contributed by atoms with van der Waals surface area (Å²) in [5.74, 6) is 0.175. The van der Waals surface area contributed by atoms with Crippen molar-refractivity contribution in [2.45, 2.75) is 18.6 Å². The second-order valence-electron chi connectivity index (χ2n) is 5.36. The molecule has 0 radical (unpaired) electrons. The molecule has 122 valence electrons. The molecule has 1 heterocycles. The summed E-state index contributed by atoms with van der Waals surface area (Å²) in [6, 6.07) is 7.80. The summed E-state index contributed by atoms with van der Waals surface area (Å²) in [6.07, 6.45) is -4.45. The quantitative estimate of drug-likeness (QED) is 0.943. The molecular weight excluding hydrogens is 309 g/mol. The van der Waals surface area contributed by atoms with Crippen molar-refractivity contribution in [2.75, 3.05) is 13.7 Å². The average Bonchev–Trinajstić information content (AvgIpc) is 2.91. The fraction of sp³-hybridized carbons (Fsp3) is 0.312. The maximum Gasteiger partial charge on any atom is 0.409 e. The van der Waals surface area contributed by atoms with Crippen molar-refractivity contribution in [1.82, 2.24) is 10.4 Å². The first kappa shape index (κ1) is 15.6. The lowest BCUT2D eigenvalue weighted by atomic mass is 9.97. The van der Waals surface area contributed by atoms with Gasteiger partial charge in [-0.2, -0.15) is 13.2 Å². The van der Waals surface area contributed by atoms with E-state index in [2.05, 4.69) is 5.43 Å². The highest BCUT2D eigenvalue weighted by molar-refractivity contribution is 5.87. The third kappa shape index (κ3) is 2.96. The number of nitrogens with zero attached hydrogens (tertiary/aromatic N) is 1. The number of ether oxygens (including phenoxy) is 1. The minimum atomic E-state index is -4.51. The van der Waals surface area contributed by atoms with Crippen LogP contribution in [0.15, 0.2) is 36.4 Å². The lowest BCUT2D eigenvalue weighted by molar-refractivity contribution is -0.190. The highest BCUT2D eigenvalue weighted by Crippen LogP contribution is 2.41. The molecule has 0 spiro atoms. The van der Waals surface area contributed by atoms with Gasteiger partial charge in [-0.1, -0.05) is 24.3 Å². The smallest absolute Gasteiger partial charge is 0.409 e. The fourth-order valence-corrected chi connectivity index (χ4v) is 2.86. The highest BCUT2D eigenvalue weighted by atomic mass is 19.4. The van der Waals surface area contributed by atoms with Crippen molar-refractivity contribution in [3.8, 4) is 5.75 Å². The topological polar surface area (TPSA) is 41.6 Å². The molecule has 0 aromatic heterocycles. The van der Waals surface area contributed by atoms with Crippen molar-refractivity contribution in [1.29, 1.82) is 0 Å². The summed E-state index contributed by atoms with van der Waals surface area (Å²) in [4.78, 5) is 11.3. The van der Waals surface area contributed by atoms with Gasteiger partial charge in [0.05, 0.1) is 7.11 Å². The van der Waals surface area contributed by atoms with Crippen LogP contribution in [0.4, 0.5) is 13.2 Å². The SMILES string of the molecule is COc1ccc2c(C(N3CCC(=O)N3)C(F)(F)F)cccc2c1. The highest BCUT2D eigenvalue weighted by Gasteiger charge is 2.47. The van der Waals surface area contributed by atoms with Crippen LogP contribution in [0.2, 0.25) is 0 Å². The number of carbonyl (C=O) groups is 1. The Morgan fingerprint density at radius 1 is 1.26 bits per heavy atom. The third-order valence-corrected chi connectivity index (χ3v) is 3.89. The van der Waals surface area contributed by atoms with E-state index < -0.39 is 18.1 Å². The molecule has 1 aliphatic rings. The number of halogens is 3. The van der Waals surface area contributed by atoms with Gasteiger partial charge in [-0.3, -0.25) is 10.2 Å². The Kier molecular flexibility index (Phi) is 3.89. The summed E-state index contributed by atoms with van der Waals surface area (Å²) >= 11 is 0. The Morgan fingerprint density at radius 2 is 2.04 bits per heavy atom. The predicted octanol–water partition coefficient (Wildman–Crippen LogP) is 3.19. The number of amides is 1. The molecule has 1 atom stereocenters. The molecule has 1 unspecified atom stereocenters. The molecule has 7 heteroatoms. The Hall–Kier alpha value is -2.28. The first-order valence-electron chi connectivity index (χ1n) is 7.09. The van der Waals surface area contributed by atoms with Gasteiger partial charge < -0.3 is 4.74 Å². The van der Waals surface area contributed by atoms with Crippen LogP contribution in [-0.2, 0) is 4.79 Å². The van der Waals surface area contributed by atoms with E-state index in [4.69, 9.17) is 4.74 Å². The molecule has 1 amide bonds. The van der Waals surface area contributed by atoms with E-state index in [0.717, 1.165) is 5.01 Å². The third-order valence-electron chi connectivity index (χ3n) is 3.89. The molecule has 23 heavy (non-hydrogen) atoms. The van der Waals surface area contributed by atoms with Crippen LogP contribution in [-0.4, -0.2) is 30.7 Å². The van der Waals surface area contributed by atoms with E-state index in [1.807, 2.05) is 0 Å². The van der Waals surface area contributed by atoms with Crippen molar-refractivity contribution in [3.63, 3.8) is 0 Å². The summed E-state index contributed by atoms with van der Waals surface area (Å²) in [5, 5.41) is 2.10. The molecule has 0 saturated carbocycles. The van der Waals surface area contributed by atoms with Gasteiger partial charge in [0.15, 0.2) is 6.04 Å². The maximum absolute atomic E-state index is 13.6. The fourth-order valence-electron chi connectivity index (χ4n) is 2.86. The first-order valence-corrected chi connectivity index (χ1v) is 7.09. The minimum absolute atomic E-state index is 0.0234. The Bertz CT molecular complexity index is 746. The Balaban J connectivity index is 2.12.